The van der Waals surface area contributed by atoms with Crippen LogP contribution in [0.3, 0.4) is 0 Å². The van der Waals surface area contributed by atoms with Crippen molar-refractivity contribution in [2.45, 2.75) is 65.3 Å². The molecule has 3 nitrogen and oxygen atoms in total. The number of carbonyl (C=O) groups excluding carboxylic acids is 1. The monoisotopic (exact) mass is 301 g/mol. The number of hydrogen-bond acceptors (Lipinski definition) is 1. The van der Waals surface area contributed by atoms with Gasteiger partial charge in [-0.05, 0) is 56.3 Å². The van der Waals surface area contributed by atoms with Crippen molar-refractivity contribution in [3.63, 3.8) is 0 Å². The Hall–Kier alpha value is -0.860. The van der Waals surface area contributed by atoms with E-state index < -0.39 is 0 Å². The highest BCUT2D eigenvalue weighted by Gasteiger charge is 2.69. The van der Waals surface area contributed by atoms with Crippen molar-refractivity contribution in [2.75, 3.05) is 7.05 Å². The fraction of sp³-hybridized carbons (Fsp3) is 0.895. The summed E-state index contributed by atoms with van der Waals surface area (Å²) in [6.45, 7) is 7.41. The number of hydrogen-bond donors (Lipinski definition) is 0. The maximum Gasteiger partial charge on any atom is 0.287 e. The molecule has 0 aromatic rings. The standard InChI is InChI=1S/C19H29N2O/c1-18(2)13-7-8-19(18,3)14(10-13)21-16-12-6-5-11(9-12)15(16)17(22)20(21)4/h11-13,15-16H,5-10H2,1-4H3/q+1/b21-14-/t11-,12+,13?,15+,16-,19?/m1/s1. The van der Waals surface area contributed by atoms with Gasteiger partial charge in [0.1, 0.15) is 5.92 Å². The van der Waals surface area contributed by atoms with Crippen LogP contribution in [0.2, 0.25) is 0 Å². The predicted molar refractivity (Wildman–Crippen MR) is 85.4 cm³/mol. The van der Waals surface area contributed by atoms with Crippen molar-refractivity contribution in [1.82, 2.24) is 5.01 Å². The van der Waals surface area contributed by atoms with E-state index in [0.29, 0.717) is 34.6 Å². The molecule has 4 aliphatic carbocycles. The zero-order chi connectivity index (χ0) is 15.4. The second-order valence-electron chi connectivity index (χ2n) is 9.50. The number of hydrazine groups is 1. The molecule has 1 amide bonds. The number of nitrogens with zero attached hydrogens (tertiary/aromatic N) is 2. The summed E-state index contributed by atoms with van der Waals surface area (Å²) in [5.41, 5.74) is 2.29. The summed E-state index contributed by atoms with van der Waals surface area (Å²) >= 11 is 0. The molecule has 6 atom stereocenters. The summed E-state index contributed by atoms with van der Waals surface area (Å²) < 4.78 is 2.53. The molecule has 0 aromatic heterocycles. The van der Waals surface area contributed by atoms with Gasteiger partial charge in [0.2, 0.25) is 0 Å². The molecule has 22 heavy (non-hydrogen) atoms. The Labute approximate surface area is 133 Å². The lowest BCUT2D eigenvalue weighted by molar-refractivity contribution is -0.687. The molecular formula is C19H29N2O+. The van der Waals surface area contributed by atoms with Gasteiger partial charge in [-0.15, -0.1) is 9.69 Å². The first kappa shape index (κ1) is 13.6. The van der Waals surface area contributed by atoms with E-state index in [0.717, 1.165) is 11.8 Å². The molecule has 1 saturated heterocycles. The summed E-state index contributed by atoms with van der Waals surface area (Å²) in [6.07, 6.45) is 7.85. The fourth-order valence-corrected chi connectivity index (χ4v) is 7.12. The van der Waals surface area contributed by atoms with Gasteiger partial charge in [0.15, 0.2) is 11.8 Å². The number of carbonyl (C=O) groups is 1. The molecule has 120 valence electrons. The van der Waals surface area contributed by atoms with E-state index in [4.69, 9.17) is 0 Å². The molecule has 1 heterocycles. The number of fused-ring (bicyclic) bond motifs is 7. The van der Waals surface area contributed by atoms with Crippen molar-refractivity contribution < 1.29 is 9.48 Å². The number of hydrazone groups is 1. The lowest BCUT2D eigenvalue weighted by Crippen LogP contribution is -2.45. The van der Waals surface area contributed by atoms with E-state index in [2.05, 4.69) is 25.5 Å². The minimum Gasteiger partial charge on any atom is -0.268 e. The third-order valence-electron chi connectivity index (χ3n) is 8.87. The first-order valence-corrected chi connectivity index (χ1v) is 9.29. The van der Waals surface area contributed by atoms with Gasteiger partial charge in [-0.3, -0.25) is 4.79 Å². The Bertz CT molecular complexity index is 607. The Kier molecular flexibility index (Phi) is 2.34. The Morgan fingerprint density at radius 3 is 2.50 bits per heavy atom. The molecule has 1 aliphatic heterocycles. The summed E-state index contributed by atoms with van der Waals surface area (Å²) in [5, 5.41) is 2.02. The van der Waals surface area contributed by atoms with Gasteiger partial charge in [0.25, 0.3) is 5.91 Å². The lowest BCUT2D eigenvalue weighted by atomic mass is 9.70. The molecule has 3 heteroatoms. The van der Waals surface area contributed by atoms with Gasteiger partial charge < -0.3 is 0 Å². The third kappa shape index (κ3) is 1.24. The summed E-state index contributed by atoms with van der Waals surface area (Å²) in [6, 6.07) is 0.498. The molecule has 4 bridgehead atoms. The van der Waals surface area contributed by atoms with Crippen LogP contribution in [0.15, 0.2) is 0 Å². The summed E-state index contributed by atoms with van der Waals surface area (Å²) in [7, 11) is 2.04. The van der Waals surface area contributed by atoms with Crippen LogP contribution in [0, 0.1) is 34.5 Å². The SMILES string of the molecule is CN1C(=O)[C@H]2[C@@H]3CC[C@@H](C3)[C@H]2/[N+]1=C1\CC2CCC1(C)C2(C)C. The minimum atomic E-state index is 0.295. The molecule has 0 radical (unpaired) electrons. The van der Waals surface area contributed by atoms with E-state index in [1.54, 1.807) is 5.71 Å². The Morgan fingerprint density at radius 1 is 1.14 bits per heavy atom. The second-order valence-corrected chi connectivity index (χ2v) is 9.50. The highest BCUT2D eigenvalue weighted by molar-refractivity contribution is 5.92. The molecule has 4 saturated carbocycles. The quantitative estimate of drug-likeness (QED) is 0.631. The number of amides is 1. The predicted octanol–water partition coefficient (Wildman–Crippen LogP) is 3.09. The van der Waals surface area contributed by atoms with E-state index in [1.807, 2.05) is 12.1 Å². The van der Waals surface area contributed by atoms with E-state index in [1.165, 1.54) is 38.5 Å². The van der Waals surface area contributed by atoms with Crippen LogP contribution < -0.4 is 0 Å². The molecule has 5 fully saturated rings. The van der Waals surface area contributed by atoms with Crippen molar-refractivity contribution in [3.05, 3.63) is 0 Å². The highest BCUT2D eigenvalue weighted by Crippen LogP contribution is 2.65. The van der Waals surface area contributed by atoms with Gasteiger partial charge >= 0.3 is 0 Å². The average molecular weight is 301 g/mol. The molecule has 5 rings (SSSR count). The smallest absolute Gasteiger partial charge is 0.268 e. The molecule has 0 spiro atoms. The van der Waals surface area contributed by atoms with Crippen molar-refractivity contribution in [3.8, 4) is 0 Å². The normalized spacial score (nSPS) is 54.6. The lowest BCUT2D eigenvalue weighted by Gasteiger charge is -2.33. The largest absolute Gasteiger partial charge is 0.287 e. The maximum atomic E-state index is 12.9. The van der Waals surface area contributed by atoms with Gasteiger partial charge in [0.05, 0.1) is 12.5 Å². The van der Waals surface area contributed by atoms with Gasteiger partial charge in [-0.25, -0.2) is 0 Å². The molecule has 0 N–H and O–H groups in total. The van der Waals surface area contributed by atoms with Crippen LogP contribution >= 0.6 is 0 Å². The molecule has 5 aliphatic rings. The Balaban J connectivity index is 1.68. The van der Waals surface area contributed by atoms with E-state index >= 15 is 0 Å². The van der Waals surface area contributed by atoms with E-state index in [9.17, 15) is 4.79 Å². The summed E-state index contributed by atoms with van der Waals surface area (Å²) in [4.78, 5) is 12.9. The van der Waals surface area contributed by atoms with Crippen molar-refractivity contribution in [1.29, 1.82) is 0 Å². The molecule has 0 aromatic carbocycles. The molecular weight excluding hydrogens is 272 g/mol. The topological polar surface area (TPSA) is 23.3 Å². The van der Waals surface area contributed by atoms with Gasteiger partial charge in [-0.2, -0.15) is 0 Å². The zero-order valence-corrected chi connectivity index (χ0v) is 14.4. The Morgan fingerprint density at radius 2 is 1.86 bits per heavy atom. The first-order chi connectivity index (χ1) is 10.4. The van der Waals surface area contributed by atoms with Crippen LogP contribution in [-0.2, 0) is 4.79 Å². The van der Waals surface area contributed by atoms with Crippen LogP contribution in [0.25, 0.3) is 0 Å². The minimum absolute atomic E-state index is 0.295. The van der Waals surface area contributed by atoms with E-state index in [-0.39, 0.29) is 0 Å². The highest BCUT2D eigenvalue weighted by atomic mass is 16.2. The van der Waals surface area contributed by atoms with Crippen molar-refractivity contribution in [2.24, 2.45) is 34.5 Å². The van der Waals surface area contributed by atoms with Crippen LogP contribution in [0.4, 0.5) is 0 Å². The zero-order valence-electron chi connectivity index (χ0n) is 14.4. The second kappa shape index (κ2) is 3.79. The van der Waals surface area contributed by atoms with Crippen LogP contribution in [0.1, 0.15) is 59.3 Å². The maximum absolute atomic E-state index is 12.9. The average Bonchev–Trinajstić information content (AvgIpc) is 3.21. The van der Waals surface area contributed by atoms with Crippen LogP contribution in [0.5, 0.6) is 0 Å². The van der Waals surface area contributed by atoms with Crippen LogP contribution in [-0.4, -0.2) is 34.4 Å². The first-order valence-electron chi connectivity index (χ1n) is 9.29. The summed E-state index contributed by atoms with van der Waals surface area (Å²) in [5.74, 6) is 2.97. The van der Waals surface area contributed by atoms with Crippen molar-refractivity contribution >= 4 is 11.6 Å². The van der Waals surface area contributed by atoms with Gasteiger partial charge in [0, 0.05) is 12.3 Å². The van der Waals surface area contributed by atoms with Gasteiger partial charge in [-0.1, -0.05) is 13.8 Å². The third-order valence-corrected chi connectivity index (χ3v) is 8.87. The fourth-order valence-electron chi connectivity index (χ4n) is 7.12. The molecule has 2 unspecified atom stereocenters. The number of rotatable bonds is 0.